The molecule has 0 aromatic heterocycles. The Morgan fingerprint density at radius 3 is 1.81 bits per heavy atom. The van der Waals surface area contributed by atoms with Gasteiger partial charge in [-0.25, -0.2) is 9.59 Å². The molecule has 0 aliphatic carbocycles. The van der Waals surface area contributed by atoms with Crippen LogP contribution in [0.15, 0.2) is 0 Å². The zero-order chi connectivity index (χ0) is 12.2. The van der Waals surface area contributed by atoms with E-state index in [4.69, 9.17) is 0 Å². The molecule has 2 saturated heterocycles. The largest absolute Gasteiger partial charge is 0.323 e. The van der Waals surface area contributed by atoms with E-state index < -0.39 is 0 Å². The molecule has 0 aromatic carbocycles. The van der Waals surface area contributed by atoms with Crippen molar-refractivity contribution in [3.05, 3.63) is 0 Å². The second-order valence-corrected chi connectivity index (χ2v) is 4.73. The fourth-order valence-corrected chi connectivity index (χ4v) is 2.60. The Labute approximate surface area is 95.4 Å². The molecule has 0 spiro atoms. The number of rotatable bonds is 1. The molecule has 2 heterocycles. The van der Waals surface area contributed by atoms with Gasteiger partial charge in [-0.15, -0.1) is 0 Å². The molecule has 2 atom stereocenters. The van der Waals surface area contributed by atoms with Gasteiger partial charge in [0, 0.05) is 27.2 Å². The van der Waals surface area contributed by atoms with E-state index in [1.54, 1.807) is 40.7 Å². The second-order valence-electron chi connectivity index (χ2n) is 4.73. The van der Waals surface area contributed by atoms with Crippen LogP contribution in [-0.2, 0) is 0 Å². The van der Waals surface area contributed by atoms with Crippen LogP contribution in [0.3, 0.4) is 0 Å². The van der Waals surface area contributed by atoms with E-state index in [2.05, 4.69) is 0 Å². The van der Waals surface area contributed by atoms with Crippen molar-refractivity contribution in [3.63, 3.8) is 0 Å². The molecule has 90 valence electrons. The Hall–Kier alpha value is -1.46. The Balaban J connectivity index is 2.40. The van der Waals surface area contributed by atoms with Crippen LogP contribution < -0.4 is 0 Å². The van der Waals surface area contributed by atoms with Crippen molar-refractivity contribution in [1.29, 1.82) is 0 Å². The zero-order valence-corrected chi connectivity index (χ0v) is 10.3. The molecule has 0 bridgehead atoms. The molecule has 6 heteroatoms. The molecule has 2 aliphatic heterocycles. The minimum Gasteiger partial charge on any atom is -0.303 e. The summed E-state index contributed by atoms with van der Waals surface area (Å²) < 4.78 is 0. The fourth-order valence-electron chi connectivity index (χ4n) is 2.60. The highest BCUT2D eigenvalue weighted by Gasteiger charge is 2.56. The third-order valence-corrected chi connectivity index (χ3v) is 3.42. The van der Waals surface area contributed by atoms with Gasteiger partial charge in [-0.3, -0.25) is 4.90 Å². The average molecular weight is 226 g/mol. The normalized spacial score (nSPS) is 29.9. The lowest BCUT2D eigenvalue weighted by Gasteiger charge is -2.29. The van der Waals surface area contributed by atoms with Crippen LogP contribution >= 0.6 is 0 Å². The van der Waals surface area contributed by atoms with Crippen LogP contribution in [0.25, 0.3) is 0 Å². The lowest BCUT2D eigenvalue weighted by atomic mass is 10.3. The summed E-state index contributed by atoms with van der Waals surface area (Å²) in [7, 11) is 5.22. The van der Waals surface area contributed by atoms with Gasteiger partial charge >= 0.3 is 12.1 Å². The van der Waals surface area contributed by atoms with Gasteiger partial charge in [0.25, 0.3) is 0 Å². The quantitative estimate of drug-likeness (QED) is 0.650. The van der Waals surface area contributed by atoms with Gasteiger partial charge in [0.1, 0.15) is 12.3 Å². The maximum absolute atomic E-state index is 12.0. The van der Waals surface area contributed by atoms with E-state index in [-0.39, 0.29) is 30.4 Å². The van der Waals surface area contributed by atoms with Gasteiger partial charge < -0.3 is 14.7 Å². The van der Waals surface area contributed by atoms with Crippen LogP contribution in [0.4, 0.5) is 9.59 Å². The molecule has 4 amide bonds. The molecule has 2 aliphatic rings. The van der Waals surface area contributed by atoms with Gasteiger partial charge in [0.2, 0.25) is 0 Å². The van der Waals surface area contributed by atoms with Crippen LogP contribution in [0.2, 0.25) is 0 Å². The van der Waals surface area contributed by atoms with Crippen molar-refractivity contribution in [2.75, 3.05) is 21.1 Å². The number of nitrogens with zero attached hydrogens (tertiary/aromatic N) is 4. The highest BCUT2D eigenvalue weighted by molar-refractivity contribution is 5.84. The lowest BCUT2D eigenvalue weighted by molar-refractivity contribution is 0.124. The monoisotopic (exact) mass is 226 g/mol. The Bertz CT molecular complexity index is 344. The van der Waals surface area contributed by atoms with Gasteiger partial charge in [-0.1, -0.05) is 0 Å². The molecule has 0 aromatic rings. The summed E-state index contributed by atoms with van der Waals surface area (Å²) in [4.78, 5) is 30.5. The molecular weight excluding hydrogens is 208 g/mol. The van der Waals surface area contributed by atoms with Gasteiger partial charge in [0.05, 0.1) is 0 Å². The van der Waals surface area contributed by atoms with Crippen LogP contribution in [0, 0.1) is 0 Å². The maximum Gasteiger partial charge on any atom is 0.323 e. The maximum atomic E-state index is 12.0. The second kappa shape index (κ2) is 3.26. The topological polar surface area (TPSA) is 47.1 Å². The Morgan fingerprint density at radius 1 is 0.875 bits per heavy atom. The number of likely N-dealkylation sites (N-methyl/N-ethyl adjacent to an activating group) is 3. The number of carbonyl (C=O) groups is 2. The smallest absolute Gasteiger partial charge is 0.303 e. The van der Waals surface area contributed by atoms with E-state index in [9.17, 15) is 9.59 Å². The number of hydrogen-bond donors (Lipinski definition) is 0. The lowest BCUT2D eigenvalue weighted by Crippen LogP contribution is -2.47. The minimum absolute atomic E-state index is 0.0174. The SMILES string of the molecule is CC(C)N1C(=O)N(C)C2C1N(C)C(=O)N2C. The average Bonchev–Trinajstić information content (AvgIpc) is 2.59. The predicted octanol–water partition coefficient (Wildman–Crippen LogP) is 0.412. The molecule has 2 fully saturated rings. The number of hydrogen-bond acceptors (Lipinski definition) is 2. The van der Waals surface area contributed by atoms with Crippen molar-refractivity contribution in [1.82, 2.24) is 19.6 Å². The summed E-state index contributed by atoms with van der Waals surface area (Å²) in [6.07, 6.45) is -0.345. The van der Waals surface area contributed by atoms with Crippen molar-refractivity contribution in [2.24, 2.45) is 0 Å². The fraction of sp³-hybridized carbons (Fsp3) is 0.800. The first-order valence-electron chi connectivity index (χ1n) is 5.42. The molecular formula is C10H18N4O2. The highest BCUT2D eigenvalue weighted by atomic mass is 16.2. The van der Waals surface area contributed by atoms with Crippen molar-refractivity contribution in [2.45, 2.75) is 32.2 Å². The summed E-state index contributed by atoms with van der Waals surface area (Å²) >= 11 is 0. The van der Waals surface area contributed by atoms with Crippen molar-refractivity contribution < 1.29 is 9.59 Å². The van der Waals surface area contributed by atoms with Crippen molar-refractivity contribution >= 4 is 12.1 Å². The van der Waals surface area contributed by atoms with Crippen LogP contribution in [-0.4, -0.2) is 71.2 Å². The minimum atomic E-state index is -0.174. The van der Waals surface area contributed by atoms with Gasteiger partial charge in [0.15, 0.2) is 0 Å². The van der Waals surface area contributed by atoms with E-state index >= 15 is 0 Å². The third kappa shape index (κ3) is 1.12. The molecule has 0 saturated carbocycles. The first kappa shape index (κ1) is 11.0. The number of urea groups is 2. The molecule has 16 heavy (non-hydrogen) atoms. The third-order valence-electron chi connectivity index (χ3n) is 3.42. The Morgan fingerprint density at radius 2 is 1.31 bits per heavy atom. The zero-order valence-electron chi connectivity index (χ0n) is 10.3. The predicted molar refractivity (Wildman–Crippen MR) is 58.6 cm³/mol. The van der Waals surface area contributed by atoms with E-state index in [0.29, 0.717) is 0 Å². The number of amides is 4. The van der Waals surface area contributed by atoms with E-state index in [0.717, 1.165) is 0 Å². The number of fused-ring (bicyclic) bond motifs is 1. The first-order chi connectivity index (χ1) is 7.37. The summed E-state index contributed by atoms with van der Waals surface area (Å²) in [5, 5.41) is 0. The number of carbonyl (C=O) groups excluding carboxylic acids is 2. The van der Waals surface area contributed by atoms with Crippen LogP contribution in [0.5, 0.6) is 0 Å². The molecule has 6 nitrogen and oxygen atoms in total. The summed E-state index contributed by atoms with van der Waals surface area (Å²) in [6.45, 7) is 3.93. The summed E-state index contributed by atoms with van der Waals surface area (Å²) in [5.74, 6) is 0. The molecule has 2 unspecified atom stereocenters. The first-order valence-corrected chi connectivity index (χ1v) is 5.42. The summed E-state index contributed by atoms with van der Waals surface area (Å²) in [6, 6.07) is 0.0305. The van der Waals surface area contributed by atoms with E-state index in [1.165, 1.54) is 0 Å². The van der Waals surface area contributed by atoms with Gasteiger partial charge in [-0.05, 0) is 13.8 Å². The van der Waals surface area contributed by atoms with Crippen LogP contribution in [0.1, 0.15) is 13.8 Å². The highest BCUT2D eigenvalue weighted by Crippen LogP contribution is 2.33. The molecule has 2 rings (SSSR count). The van der Waals surface area contributed by atoms with Crippen molar-refractivity contribution in [3.8, 4) is 0 Å². The standard InChI is InChI=1S/C10H18N4O2/c1-6(2)14-8-7(12(4)10(14)16)11(3)9(15)13(8)5/h6-8H,1-5H3. The molecule has 0 radical (unpaired) electrons. The van der Waals surface area contributed by atoms with Gasteiger partial charge in [-0.2, -0.15) is 0 Å². The molecule has 0 N–H and O–H groups in total. The Kier molecular flexibility index (Phi) is 2.25. The van der Waals surface area contributed by atoms with E-state index in [1.807, 2.05) is 13.8 Å². The summed E-state index contributed by atoms with van der Waals surface area (Å²) in [5.41, 5.74) is 0.